The Morgan fingerprint density at radius 3 is 2.86 bits per heavy atom. The average Bonchev–Trinajstić information content (AvgIpc) is 2.14. The molecule has 0 aliphatic carbocycles. The van der Waals surface area contributed by atoms with Crippen LogP contribution in [-0.4, -0.2) is 26.2 Å². The lowest BCUT2D eigenvalue weighted by Gasteiger charge is -2.06. The molecule has 1 atom stereocenters. The molecule has 0 aromatic carbocycles. The molecule has 0 saturated carbocycles. The third kappa shape index (κ3) is 2.67. The van der Waals surface area contributed by atoms with Crippen LogP contribution >= 0.6 is 0 Å². The second kappa shape index (κ2) is 4.52. The van der Waals surface area contributed by atoms with Crippen molar-refractivity contribution in [2.24, 2.45) is 5.73 Å². The van der Waals surface area contributed by atoms with Gasteiger partial charge in [0.25, 0.3) is 0 Å². The predicted octanol–water partition coefficient (Wildman–Crippen LogP) is -0.476. The van der Waals surface area contributed by atoms with Crippen molar-refractivity contribution in [2.45, 2.75) is 19.4 Å². The third-order valence-corrected chi connectivity index (χ3v) is 1.59. The molecular weight excluding hydrogens is 182 g/mol. The summed E-state index contributed by atoms with van der Waals surface area (Å²) in [6, 6.07) is 0. The maximum Gasteiger partial charge on any atom is 0.223 e. The highest BCUT2D eigenvalue weighted by Crippen LogP contribution is 2.14. The van der Waals surface area contributed by atoms with Crippen molar-refractivity contribution < 1.29 is 5.11 Å². The Labute approximate surface area is 81.7 Å². The number of rotatable bonds is 3. The fraction of sp³-hybridized carbons (Fsp3) is 0.375. The zero-order chi connectivity index (χ0) is 10.6. The summed E-state index contributed by atoms with van der Waals surface area (Å²) in [6.07, 6.45) is 2.56. The first kappa shape index (κ1) is 10.4. The molecule has 1 unspecified atom stereocenters. The average molecular weight is 195 g/mol. The van der Waals surface area contributed by atoms with E-state index in [0.717, 1.165) is 0 Å². The molecule has 0 aliphatic heterocycles. The number of hydrogen-bond acceptors (Lipinski definition) is 6. The van der Waals surface area contributed by atoms with E-state index in [2.05, 4.69) is 15.0 Å². The lowest BCUT2D eigenvalue weighted by atomic mass is 10.1. The van der Waals surface area contributed by atoms with Gasteiger partial charge in [0.1, 0.15) is 6.33 Å². The van der Waals surface area contributed by atoms with Crippen LogP contribution in [0.3, 0.4) is 0 Å². The number of aromatic nitrogens is 3. The predicted molar refractivity (Wildman–Crippen MR) is 52.7 cm³/mol. The highest BCUT2D eigenvalue weighted by Gasteiger charge is 2.08. The fourth-order valence-electron chi connectivity index (χ4n) is 1.02. The molecule has 6 nitrogen and oxygen atoms in total. The molecule has 6 heteroatoms. The highest BCUT2D eigenvalue weighted by molar-refractivity contribution is 5.59. The minimum Gasteiger partial charge on any atom is -0.404 e. The number of hydrogen-bond donors (Lipinski definition) is 3. The van der Waals surface area contributed by atoms with E-state index in [9.17, 15) is 5.11 Å². The Morgan fingerprint density at radius 2 is 2.36 bits per heavy atom. The molecule has 5 N–H and O–H groups in total. The van der Waals surface area contributed by atoms with Gasteiger partial charge < -0.3 is 16.6 Å². The van der Waals surface area contributed by atoms with Crippen LogP contribution in [-0.2, 0) is 0 Å². The van der Waals surface area contributed by atoms with Crippen molar-refractivity contribution in [3.05, 3.63) is 18.4 Å². The Kier molecular flexibility index (Phi) is 3.35. The summed E-state index contributed by atoms with van der Waals surface area (Å²) in [5.74, 6) is 0.542. The summed E-state index contributed by atoms with van der Waals surface area (Å²) in [5.41, 5.74) is 11.4. The van der Waals surface area contributed by atoms with E-state index in [4.69, 9.17) is 11.5 Å². The van der Waals surface area contributed by atoms with Crippen molar-refractivity contribution >= 4 is 11.5 Å². The van der Waals surface area contributed by atoms with Gasteiger partial charge in [0.2, 0.25) is 5.95 Å². The number of aliphatic hydroxyl groups is 1. The summed E-state index contributed by atoms with van der Waals surface area (Å²) in [4.78, 5) is 11.5. The fourth-order valence-corrected chi connectivity index (χ4v) is 1.02. The SMILES string of the molecule is CC(O)CC(=CN)c1ncnc(N)n1. The zero-order valence-corrected chi connectivity index (χ0v) is 7.88. The number of nitrogen functional groups attached to an aromatic ring is 1. The molecule has 1 rings (SSSR count). The van der Waals surface area contributed by atoms with Crippen LogP contribution in [0.25, 0.3) is 5.57 Å². The molecular formula is C8H13N5O. The molecule has 14 heavy (non-hydrogen) atoms. The smallest absolute Gasteiger partial charge is 0.223 e. The van der Waals surface area contributed by atoms with E-state index in [0.29, 0.717) is 17.8 Å². The van der Waals surface area contributed by atoms with Gasteiger partial charge in [0.15, 0.2) is 5.82 Å². The largest absolute Gasteiger partial charge is 0.404 e. The van der Waals surface area contributed by atoms with Crippen LogP contribution in [0.5, 0.6) is 0 Å². The number of aliphatic hydroxyl groups excluding tert-OH is 1. The minimum atomic E-state index is -0.497. The Balaban J connectivity index is 2.90. The quantitative estimate of drug-likeness (QED) is 0.601. The Bertz CT molecular complexity index is 336. The molecule has 0 amide bonds. The van der Waals surface area contributed by atoms with Crippen LogP contribution in [0.1, 0.15) is 19.2 Å². The van der Waals surface area contributed by atoms with Crippen LogP contribution in [0, 0.1) is 0 Å². The van der Waals surface area contributed by atoms with Gasteiger partial charge in [0, 0.05) is 18.2 Å². The van der Waals surface area contributed by atoms with Crippen molar-refractivity contribution in [1.29, 1.82) is 0 Å². The molecule has 0 saturated heterocycles. The van der Waals surface area contributed by atoms with Crippen LogP contribution in [0.4, 0.5) is 5.95 Å². The first-order valence-corrected chi connectivity index (χ1v) is 4.17. The topological polar surface area (TPSA) is 111 Å². The summed E-state index contributed by atoms with van der Waals surface area (Å²) in [5, 5.41) is 9.19. The number of nitrogens with two attached hydrogens (primary N) is 2. The van der Waals surface area contributed by atoms with Crippen molar-refractivity contribution in [3.63, 3.8) is 0 Å². The molecule has 1 heterocycles. The first-order chi connectivity index (χ1) is 6.63. The molecule has 0 aliphatic rings. The monoisotopic (exact) mass is 195 g/mol. The summed E-state index contributed by atoms with van der Waals surface area (Å²) in [7, 11) is 0. The number of anilines is 1. The molecule has 1 aromatic heterocycles. The number of nitrogens with zero attached hydrogens (tertiary/aromatic N) is 3. The standard InChI is InChI=1S/C8H13N5O/c1-5(14)2-6(3-9)7-11-4-12-8(10)13-7/h3-5,14H,2,9H2,1H3,(H2,10,11,12,13). The van der Waals surface area contributed by atoms with E-state index in [1.165, 1.54) is 12.5 Å². The van der Waals surface area contributed by atoms with E-state index in [1.54, 1.807) is 6.92 Å². The van der Waals surface area contributed by atoms with Crippen LogP contribution in [0.15, 0.2) is 12.5 Å². The van der Waals surface area contributed by atoms with E-state index < -0.39 is 6.10 Å². The second-order valence-electron chi connectivity index (χ2n) is 2.91. The molecule has 0 radical (unpaired) electrons. The maximum absolute atomic E-state index is 9.19. The lowest BCUT2D eigenvalue weighted by molar-refractivity contribution is 0.200. The minimum absolute atomic E-state index is 0.139. The molecule has 0 bridgehead atoms. The van der Waals surface area contributed by atoms with E-state index in [-0.39, 0.29) is 5.95 Å². The Morgan fingerprint density at radius 1 is 1.64 bits per heavy atom. The first-order valence-electron chi connectivity index (χ1n) is 4.17. The van der Waals surface area contributed by atoms with Crippen molar-refractivity contribution in [2.75, 3.05) is 5.73 Å². The van der Waals surface area contributed by atoms with Gasteiger partial charge in [-0.1, -0.05) is 0 Å². The molecule has 0 fully saturated rings. The zero-order valence-electron chi connectivity index (χ0n) is 7.88. The van der Waals surface area contributed by atoms with Gasteiger partial charge in [0.05, 0.1) is 6.10 Å². The molecule has 0 spiro atoms. The highest BCUT2D eigenvalue weighted by atomic mass is 16.3. The summed E-state index contributed by atoms with van der Waals surface area (Å²) >= 11 is 0. The van der Waals surface area contributed by atoms with Gasteiger partial charge in [-0.2, -0.15) is 4.98 Å². The maximum atomic E-state index is 9.19. The third-order valence-electron chi connectivity index (χ3n) is 1.59. The van der Waals surface area contributed by atoms with Gasteiger partial charge in [-0.15, -0.1) is 0 Å². The van der Waals surface area contributed by atoms with Gasteiger partial charge in [-0.25, -0.2) is 9.97 Å². The lowest BCUT2D eigenvalue weighted by Crippen LogP contribution is -2.07. The Hall–Kier alpha value is -1.69. The van der Waals surface area contributed by atoms with E-state index >= 15 is 0 Å². The van der Waals surface area contributed by atoms with E-state index in [1.807, 2.05) is 0 Å². The summed E-state index contributed by atoms with van der Waals surface area (Å²) in [6.45, 7) is 1.66. The molecule has 1 aromatic rings. The van der Waals surface area contributed by atoms with Gasteiger partial charge in [-0.05, 0) is 6.92 Å². The van der Waals surface area contributed by atoms with Crippen LogP contribution in [0.2, 0.25) is 0 Å². The summed E-state index contributed by atoms with van der Waals surface area (Å²) < 4.78 is 0. The van der Waals surface area contributed by atoms with Crippen LogP contribution < -0.4 is 11.5 Å². The van der Waals surface area contributed by atoms with Crippen molar-refractivity contribution in [3.8, 4) is 0 Å². The van der Waals surface area contributed by atoms with Gasteiger partial charge in [-0.3, -0.25) is 0 Å². The second-order valence-corrected chi connectivity index (χ2v) is 2.91. The molecule has 76 valence electrons. The van der Waals surface area contributed by atoms with Crippen molar-refractivity contribution in [1.82, 2.24) is 15.0 Å². The normalized spacial score (nSPS) is 14.0. The van der Waals surface area contributed by atoms with Gasteiger partial charge >= 0.3 is 0 Å².